The predicted octanol–water partition coefficient (Wildman–Crippen LogP) is 2.08. The summed E-state index contributed by atoms with van der Waals surface area (Å²) in [6, 6.07) is 0. The Morgan fingerprint density at radius 1 is 1.43 bits per heavy atom. The van der Waals surface area contributed by atoms with Crippen molar-refractivity contribution >= 4 is 0 Å². The first kappa shape index (κ1) is 8.16. The van der Waals surface area contributed by atoms with Gasteiger partial charge in [0.2, 0.25) is 0 Å². The molecule has 1 aliphatic carbocycles. The second-order valence-corrected chi connectivity index (χ2v) is 4.38. The van der Waals surface area contributed by atoms with Crippen molar-refractivity contribution in [2.45, 2.75) is 25.9 Å². The first-order valence-electron chi connectivity index (χ1n) is 5.37. The molecule has 2 heteroatoms. The summed E-state index contributed by atoms with van der Waals surface area (Å²) in [5.41, 5.74) is 4.60. The summed E-state index contributed by atoms with van der Waals surface area (Å²) in [6.07, 6.45) is 9.88. The number of nitrogens with zero attached hydrogens (tertiary/aromatic N) is 2. The average Bonchev–Trinajstić information content (AvgIpc) is 2.67. The minimum Gasteiger partial charge on any atom is -0.359 e. The Morgan fingerprint density at radius 3 is 3.14 bits per heavy atom. The van der Waals surface area contributed by atoms with Crippen molar-refractivity contribution < 1.29 is 0 Å². The van der Waals surface area contributed by atoms with E-state index in [1.165, 1.54) is 18.5 Å². The number of fused-ring (bicyclic) bond motifs is 2. The first-order valence-corrected chi connectivity index (χ1v) is 5.37. The molecule has 3 aliphatic rings. The van der Waals surface area contributed by atoms with Crippen LogP contribution in [-0.4, -0.2) is 29.6 Å². The monoisotopic (exact) mass is 188 g/mol. The number of allylic oxidation sites excluding steroid dienone is 2. The minimum atomic E-state index is 0.531. The van der Waals surface area contributed by atoms with Crippen molar-refractivity contribution in [1.82, 2.24) is 9.80 Å². The van der Waals surface area contributed by atoms with Crippen LogP contribution in [-0.2, 0) is 0 Å². The van der Waals surface area contributed by atoms with Gasteiger partial charge in [-0.3, -0.25) is 0 Å². The minimum absolute atomic E-state index is 0.531. The molecular weight excluding hydrogens is 172 g/mol. The zero-order valence-corrected chi connectivity index (χ0v) is 8.83. The molecule has 2 aliphatic heterocycles. The molecule has 2 heterocycles. The summed E-state index contributed by atoms with van der Waals surface area (Å²) >= 11 is 0. The summed E-state index contributed by atoms with van der Waals surface area (Å²) in [4.78, 5) is 4.80. The van der Waals surface area contributed by atoms with Gasteiger partial charge in [-0.05, 0) is 30.9 Å². The highest BCUT2D eigenvalue weighted by molar-refractivity contribution is 5.49. The normalized spacial score (nSPS) is 29.6. The van der Waals surface area contributed by atoms with E-state index in [4.69, 9.17) is 0 Å². The number of hydrogen-bond acceptors (Lipinski definition) is 2. The van der Waals surface area contributed by atoms with Gasteiger partial charge in [-0.15, -0.1) is 0 Å². The lowest BCUT2D eigenvalue weighted by atomic mass is 9.99. The third-order valence-electron chi connectivity index (χ3n) is 3.59. The third-order valence-corrected chi connectivity index (χ3v) is 3.59. The maximum absolute atomic E-state index is 2.50. The van der Waals surface area contributed by atoms with Gasteiger partial charge in [-0.1, -0.05) is 12.2 Å². The Bertz CT molecular complexity index is 363. The summed E-state index contributed by atoms with van der Waals surface area (Å²) < 4.78 is 0. The zero-order chi connectivity index (χ0) is 9.71. The molecule has 0 N–H and O–H groups in total. The van der Waals surface area contributed by atoms with Gasteiger partial charge in [0.05, 0.1) is 11.9 Å². The van der Waals surface area contributed by atoms with Gasteiger partial charge in [0.1, 0.15) is 0 Å². The van der Waals surface area contributed by atoms with E-state index < -0.39 is 0 Å². The van der Waals surface area contributed by atoms with Crippen LogP contribution < -0.4 is 0 Å². The summed E-state index contributed by atoms with van der Waals surface area (Å²) in [6.45, 7) is 3.38. The van der Waals surface area contributed by atoms with Crippen LogP contribution in [0.25, 0.3) is 0 Å². The van der Waals surface area contributed by atoms with Crippen molar-refractivity contribution in [3.05, 3.63) is 35.2 Å². The van der Waals surface area contributed by atoms with E-state index in [2.05, 4.69) is 42.1 Å². The van der Waals surface area contributed by atoms with E-state index in [1.807, 2.05) is 0 Å². The summed E-state index contributed by atoms with van der Waals surface area (Å²) in [7, 11) is 2.16. The fourth-order valence-electron chi connectivity index (χ4n) is 2.60. The van der Waals surface area contributed by atoms with Gasteiger partial charge in [0, 0.05) is 19.8 Å². The Balaban J connectivity index is 2.02. The highest BCUT2D eigenvalue weighted by Crippen LogP contribution is 2.39. The van der Waals surface area contributed by atoms with Gasteiger partial charge in [0.25, 0.3) is 0 Å². The molecule has 0 fully saturated rings. The molecule has 74 valence electrons. The molecule has 0 aromatic carbocycles. The molecule has 0 spiro atoms. The van der Waals surface area contributed by atoms with Crippen LogP contribution in [0.4, 0.5) is 0 Å². The summed E-state index contributed by atoms with van der Waals surface area (Å²) in [5, 5.41) is 0. The predicted molar refractivity (Wildman–Crippen MR) is 57.4 cm³/mol. The average molecular weight is 188 g/mol. The van der Waals surface area contributed by atoms with Crippen molar-refractivity contribution in [1.29, 1.82) is 0 Å². The van der Waals surface area contributed by atoms with Crippen LogP contribution in [0.15, 0.2) is 35.2 Å². The molecule has 0 amide bonds. The third kappa shape index (κ3) is 0.912. The molecule has 0 aromatic rings. The maximum atomic E-state index is 2.50. The van der Waals surface area contributed by atoms with Crippen LogP contribution in [0.3, 0.4) is 0 Å². The van der Waals surface area contributed by atoms with Crippen molar-refractivity contribution in [2.75, 3.05) is 13.6 Å². The van der Waals surface area contributed by atoms with Gasteiger partial charge >= 0.3 is 0 Å². The number of rotatable bonds is 0. The molecule has 3 rings (SSSR count). The largest absolute Gasteiger partial charge is 0.359 e. The van der Waals surface area contributed by atoms with Crippen molar-refractivity contribution in [3.8, 4) is 0 Å². The lowest BCUT2D eigenvalue weighted by Crippen LogP contribution is -2.34. The number of hydrogen-bond donors (Lipinski definition) is 0. The fourth-order valence-corrected chi connectivity index (χ4v) is 2.60. The zero-order valence-electron chi connectivity index (χ0n) is 8.83. The van der Waals surface area contributed by atoms with Crippen LogP contribution in [0.2, 0.25) is 0 Å². The topological polar surface area (TPSA) is 6.48 Å². The van der Waals surface area contributed by atoms with Crippen molar-refractivity contribution in [3.63, 3.8) is 0 Å². The van der Waals surface area contributed by atoms with Crippen LogP contribution in [0.1, 0.15) is 19.8 Å². The molecule has 0 aromatic heterocycles. The van der Waals surface area contributed by atoms with Crippen LogP contribution in [0, 0.1) is 0 Å². The van der Waals surface area contributed by atoms with Gasteiger partial charge < -0.3 is 9.80 Å². The van der Waals surface area contributed by atoms with Crippen LogP contribution >= 0.6 is 0 Å². The Kier molecular flexibility index (Phi) is 1.55. The Hall–Kier alpha value is -1.18. The molecule has 0 saturated heterocycles. The molecule has 0 saturated carbocycles. The molecule has 0 radical (unpaired) electrons. The Morgan fingerprint density at radius 2 is 2.29 bits per heavy atom. The molecule has 1 atom stereocenters. The van der Waals surface area contributed by atoms with Gasteiger partial charge in [0.15, 0.2) is 0 Å². The lowest BCUT2D eigenvalue weighted by molar-refractivity contribution is 0.206. The maximum Gasteiger partial charge on any atom is 0.0983 e. The molecule has 2 nitrogen and oxygen atoms in total. The standard InChI is InChI=1S/C12H16N2/c1-9-13(2)8-12-11-6-4-3-5-10(11)7-14(9)12/h3,5,8-9H,4,6-7H2,1-2H3. The Labute approximate surface area is 85.2 Å². The SMILES string of the molecule is CC1N(C)C=C2C3=C(C=CCC3)CN21. The van der Waals surface area contributed by atoms with Crippen molar-refractivity contribution in [2.24, 2.45) is 0 Å². The quantitative estimate of drug-likeness (QED) is 0.574. The van der Waals surface area contributed by atoms with E-state index in [1.54, 1.807) is 11.1 Å². The van der Waals surface area contributed by atoms with Crippen LogP contribution in [0.5, 0.6) is 0 Å². The molecular formula is C12H16N2. The first-order chi connectivity index (χ1) is 6.77. The smallest absolute Gasteiger partial charge is 0.0983 e. The second-order valence-electron chi connectivity index (χ2n) is 4.38. The van der Waals surface area contributed by atoms with E-state index in [9.17, 15) is 0 Å². The van der Waals surface area contributed by atoms with E-state index in [0.29, 0.717) is 6.17 Å². The highest BCUT2D eigenvalue weighted by atomic mass is 15.4. The van der Waals surface area contributed by atoms with E-state index >= 15 is 0 Å². The second kappa shape index (κ2) is 2.66. The molecule has 0 bridgehead atoms. The van der Waals surface area contributed by atoms with Gasteiger partial charge in [-0.2, -0.15) is 0 Å². The molecule has 1 unspecified atom stereocenters. The summed E-state index contributed by atoms with van der Waals surface area (Å²) in [5.74, 6) is 0. The van der Waals surface area contributed by atoms with E-state index in [-0.39, 0.29) is 0 Å². The van der Waals surface area contributed by atoms with E-state index in [0.717, 1.165) is 6.54 Å². The fraction of sp³-hybridized carbons (Fsp3) is 0.500. The highest BCUT2D eigenvalue weighted by Gasteiger charge is 2.34. The lowest BCUT2D eigenvalue weighted by Gasteiger charge is -2.26. The molecule has 14 heavy (non-hydrogen) atoms. The van der Waals surface area contributed by atoms with Gasteiger partial charge in [-0.25, -0.2) is 0 Å².